The molecule has 0 bridgehead atoms. The van der Waals surface area contributed by atoms with E-state index in [0.29, 0.717) is 38.2 Å². The van der Waals surface area contributed by atoms with Gasteiger partial charge in [0, 0.05) is 55.1 Å². The largest absolute Gasteiger partial charge is 0.493 e. The van der Waals surface area contributed by atoms with Crippen LogP contribution in [0.4, 0.5) is 20.2 Å². The smallest absolute Gasteiger partial charge is 0.478 e. The summed E-state index contributed by atoms with van der Waals surface area (Å²) in [5.41, 5.74) is 0.169. The van der Waals surface area contributed by atoms with Gasteiger partial charge in [-0.25, -0.2) is 37.1 Å². The molecule has 2 saturated heterocycles. The molecule has 2 aliphatic heterocycles. The molecule has 0 N–H and O–H groups in total. The van der Waals surface area contributed by atoms with Crippen LogP contribution >= 0.6 is 7.82 Å². The van der Waals surface area contributed by atoms with Crippen LogP contribution in [0, 0.1) is 17.6 Å². The minimum Gasteiger partial charge on any atom is -0.493 e. The maximum Gasteiger partial charge on any atom is 0.478 e. The molecule has 0 spiro atoms. The molecule has 364 valence electrons. The van der Waals surface area contributed by atoms with Gasteiger partial charge in [-0.15, -0.1) is 0 Å². The van der Waals surface area contributed by atoms with Gasteiger partial charge in [-0.2, -0.15) is 10.2 Å². The number of nitrogens with zero attached hydrogens (tertiary/aromatic N) is 8. The van der Waals surface area contributed by atoms with Crippen molar-refractivity contribution >= 4 is 19.2 Å². The zero-order valence-corrected chi connectivity index (χ0v) is 40.9. The number of aromatic nitrogens is 6. The van der Waals surface area contributed by atoms with Gasteiger partial charge >= 0.3 is 13.5 Å². The zero-order valence-electron chi connectivity index (χ0n) is 40.0. The number of piperazine rings is 1. The van der Waals surface area contributed by atoms with Crippen LogP contribution < -0.4 is 20.2 Å². The van der Waals surface area contributed by atoms with Crippen molar-refractivity contribution in [1.29, 1.82) is 0 Å². The fourth-order valence-electron chi connectivity index (χ4n) is 8.63. The van der Waals surface area contributed by atoms with E-state index in [-0.39, 0.29) is 23.7 Å². The summed E-state index contributed by atoms with van der Waals surface area (Å²) in [5.74, 6) is -0.615. The van der Waals surface area contributed by atoms with Crippen LogP contribution in [0.25, 0.3) is 5.69 Å². The van der Waals surface area contributed by atoms with E-state index < -0.39 is 54.7 Å². The number of phosphoric acid groups is 1. The number of phosphoric ester groups is 1. The molecule has 19 heteroatoms. The van der Waals surface area contributed by atoms with Crippen LogP contribution in [0.3, 0.4) is 0 Å². The maximum absolute atomic E-state index is 15.1. The van der Waals surface area contributed by atoms with Crippen LogP contribution in [0.1, 0.15) is 93.2 Å². The second kappa shape index (κ2) is 20.7. The molecule has 16 nitrogen and oxygen atoms in total. The minimum absolute atomic E-state index is 0.0323. The fourth-order valence-corrected chi connectivity index (χ4v) is 10.6. The van der Waals surface area contributed by atoms with E-state index in [1.807, 2.05) is 57.2 Å². The molecule has 2 aliphatic rings. The quantitative estimate of drug-likeness (QED) is 0.0573. The van der Waals surface area contributed by atoms with Gasteiger partial charge < -0.3 is 24.0 Å². The van der Waals surface area contributed by atoms with Crippen molar-refractivity contribution < 1.29 is 41.1 Å². The van der Waals surface area contributed by atoms with E-state index in [2.05, 4.69) is 37.1 Å². The third-order valence-corrected chi connectivity index (χ3v) is 13.7. The number of halogens is 2. The van der Waals surface area contributed by atoms with E-state index in [1.165, 1.54) is 34.0 Å². The van der Waals surface area contributed by atoms with Crippen molar-refractivity contribution in [3.05, 3.63) is 113 Å². The molecular weight excluding hydrogens is 886 g/mol. The first-order valence-electron chi connectivity index (χ1n) is 23.0. The lowest BCUT2D eigenvalue weighted by Crippen LogP contribution is -2.46. The van der Waals surface area contributed by atoms with E-state index in [1.54, 1.807) is 52.6 Å². The van der Waals surface area contributed by atoms with Crippen LogP contribution in [0.15, 0.2) is 90.5 Å². The normalized spacial score (nSPS) is 19.7. The Balaban J connectivity index is 0.910. The van der Waals surface area contributed by atoms with Gasteiger partial charge in [-0.3, -0.25) is 13.6 Å². The zero-order chi connectivity index (χ0) is 48.1. The molecule has 2 unspecified atom stereocenters. The molecule has 7 rings (SSSR count). The first kappa shape index (κ1) is 49.9. The number of anilines is 2. The number of hydrogen-bond acceptors (Lipinski definition) is 13. The monoisotopic (exact) mass is 950 g/mol. The Morgan fingerprint density at radius 1 is 0.836 bits per heavy atom. The summed E-state index contributed by atoms with van der Waals surface area (Å²) >= 11 is 0. The molecule has 67 heavy (non-hydrogen) atoms. The van der Waals surface area contributed by atoms with E-state index in [0.717, 1.165) is 49.4 Å². The Bertz CT molecular complexity index is 2460. The van der Waals surface area contributed by atoms with Gasteiger partial charge in [0.05, 0.1) is 48.8 Å². The summed E-state index contributed by atoms with van der Waals surface area (Å²) in [6.45, 7) is 20.5. The van der Waals surface area contributed by atoms with Crippen LogP contribution in [0.2, 0.25) is 0 Å². The highest BCUT2D eigenvalue weighted by atomic mass is 31.2. The van der Waals surface area contributed by atoms with Crippen molar-refractivity contribution in [2.45, 2.75) is 123 Å². The van der Waals surface area contributed by atoms with Crippen molar-refractivity contribution in [2.24, 2.45) is 5.92 Å². The van der Waals surface area contributed by atoms with Gasteiger partial charge in [0.15, 0.2) is 6.29 Å². The average Bonchev–Trinajstić information content (AvgIpc) is 4.03. The Morgan fingerprint density at radius 2 is 1.45 bits per heavy atom. The third-order valence-electron chi connectivity index (χ3n) is 11.7. The number of ether oxygens (including phenoxy) is 3. The maximum atomic E-state index is 15.1. The summed E-state index contributed by atoms with van der Waals surface area (Å²) < 4.78 is 83.6. The lowest BCUT2D eigenvalue weighted by molar-refractivity contribution is -0.150. The van der Waals surface area contributed by atoms with Gasteiger partial charge in [0.1, 0.15) is 42.0 Å². The lowest BCUT2D eigenvalue weighted by atomic mass is 9.87. The molecule has 2 fully saturated rings. The summed E-state index contributed by atoms with van der Waals surface area (Å²) in [7, 11) is -4.05. The summed E-state index contributed by atoms with van der Waals surface area (Å²) in [6, 6.07) is 19.1. The number of benzene rings is 3. The highest BCUT2D eigenvalue weighted by Gasteiger charge is 2.45. The SMILES string of the molecule is CCC(O[C@@H](C)[C@H](CC)n1ncn(-c2ccc(N3CCN(c4ccc(OC[C@H]5COC(Cn6cncn6)(c6ccc(F)cc6F)C5)cc4)CC3)cc2)c1=O)OP(=O)(OC(C)(C)C)OC(C)(C)C. The molecule has 0 saturated carbocycles. The summed E-state index contributed by atoms with van der Waals surface area (Å²) in [4.78, 5) is 22.5. The molecular formula is C48H65F2N8O8P. The average molecular weight is 951 g/mol. The number of rotatable bonds is 19. The van der Waals surface area contributed by atoms with E-state index >= 15 is 4.39 Å². The molecule has 5 aromatic rings. The van der Waals surface area contributed by atoms with Crippen LogP contribution in [-0.4, -0.2) is 92.1 Å². The predicted octanol–water partition coefficient (Wildman–Crippen LogP) is 9.09. The Labute approximate surface area is 391 Å². The molecule has 0 radical (unpaired) electrons. The van der Waals surface area contributed by atoms with Gasteiger partial charge in [0.2, 0.25) is 0 Å². The van der Waals surface area contributed by atoms with Crippen LogP contribution in [-0.2, 0) is 39.8 Å². The number of hydrogen-bond donors (Lipinski definition) is 0. The van der Waals surface area contributed by atoms with Gasteiger partial charge in [-0.1, -0.05) is 19.9 Å². The molecule has 5 atom stereocenters. The van der Waals surface area contributed by atoms with Crippen molar-refractivity contribution in [1.82, 2.24) is 29.1 Å². The Hall–Kier alpha value is -4.97. The summed E-state index contributed by atoms with van der Waals surface area (Å²) in [5, 5.41) is 8.69. The topological polar surface area (TPSA) is 149 Å². The van der Waals surface area contributed by atoms with E-state index in [9.17, 15) is 13.8 Å². The van der Waals surface area contributed by atoms with Crippen molar-refractivity contribution in [3.8, 4) is 11.4 Å². The predicted molar refractivity (Wildman–Crippen MR) is 251 cm³/mol. The van der Waals surface area contributed by atoms with E-state index in [4.69, 9.17) is 27.8 Å². The second-order valence-corrected chi connectivity index (χ2v) is 20.7. The lowest BCUT2D eigenvalue weighted by Gasteiger charge is -2.37. The molecule has 0 aliphatic carbocycles. The molecule has 2 aromatic heterocycles. The highest BCUT2D eigenvalue weighted by molar-refractivity contribution is 7.48. The Kier molecular flexibility index (Phi) is 15.4. The van der Waals surface area contributed by atoms with Gasteiger partial charge in [0.25, 0.3) is 0 Å². The first-order chi connectivity index (χ1) is 31.8. The molecule has 3 aromatic carbocycles. The van der Waals surface area contributed by atoms with Crippen molar-refractivity contribution in [3.63, 3.8) is 0 Å². The minimum atomic E-state index is -4.05. The van der Waals surface area contributed by atoms with Crippen LogP contribution in [0.5, 0.6) is 5.75 Å². The molecule has 0 amide bonds. The Morgan fingerprint density at radius 3 is 2.00 bits per heavy atom. The molecule has 4 heterocycles. The van der Waals surface area contributed by atoms with Gasteiger partial charge in [-0.05, 0) is 122 Å². The summed E-state index contributed by atoms with van der Waals surface area (Å²) in [6.07, 6.45) is 4.39. The third kappa shape index (κ3) is 12.6. The first-order valence-corrected chi connectivity index (χ1v) is 24.5. The highest BCUT2D eigenvalue weighted by Crippen LogP contribution is 2.56. The fraction of sp³-hybridized carbons (Fsp3) is 0.542. The second-order valence-electron chi connectivity index (χ2n) is 19.2. The van der Waals surface area contributed by atoms with Crippen molar-refractivity contribution in [2.75, 3.05) is 49.2 Å². The standard InChI is InChI=1S/C48H65F2N8O8P/c1-10-43(34(3)63-44(11-2)64-67(60,65-46(4,5)6)66-47(7,8)9)58-45(59)57(33-53-58)39-15-13-37(14-16-39)54-22-24-55(25-23-54)38-17-19-40(20-18-38)61-28-35-27-48(62-29-35,30-56-32-51-31-52-56)41-21-12-36(49)26-42(41)50/h12-21,26,31-35,43-44H,10-11,22-25,27-30H2,1-9H3/t34-,35-,43-,44?,48?/m0/s1.